The number of rotatable bonds is 28. The molecule has 0 rings (SSSR count). The van der Waals surface area contributed by atoms with Crippen molar-refractivity contribution in [3.05, 3.63) is 0 Å². The minimum atomic E-state index is 0.729. The Morgan fingerprint density at radius 3 is 1.22 bits per heavy atom. The van der Waals surface area contributed by atoms with Gasteiger partial charge in [0.1, 0.15) is 0 Å². The first kappa shape index (κ1) is 38.7. The Morgan fingerprint density at radius 1 is 0.486 bits per heavy atom. The van der Waals surface area contributed by atoms with Crippen LogP contribution in [0.5, 0.6) is 0 Å². The fourth-order valence-electron chi connectivity index (χ4n) is 3.60. The summed E-state index contributed by atoms with van der Waals surface area (Å²) in [6.45, 7) is 24.8. The van der Waals surface area contributed by atoms with Crippen LogP contribution in [0.25, 0.3) is 0 Å². The van der Waals surface area contributed by atoms with E-state index in [-0.39, 0.29) is 0 Å². The fraction of sp³-hybridized carbons (Fsp3) is 1.00. The van der Waals surface area contributed by atoms with E-state index in [9.17, 15) is 0 Å². The highest BCUT2D eigenvalue weighted by Gasteiger charge is 2.03. The molecule has 0 amide bonds. The Hall–Kier alpha value is -0.440. The predicted octanol–water partition coefficient (Wildman–Crippen LogP) is -2.35. The molecule has 0 fully saturated rings. The lowest BCUT2D eigenvalue weighted by Gasteiger charge is -2.22. The normalized spacial score (nSPS) is 11.5. The molecule has 11 nitrogen and oxygen atoms in total. The second-order valence-corrected chi connectivity index (χ2v) is 9.36. The van der Waals surface area contributed by atoms with Crippen molar-refractivity contribution in [1.29, 1.82) is 0 Å². The lowest BCUT2D eigenvalue weighted by molar-refractivity contribution is 0.280. The Balaban J connectivity index is 0. The summed E-state index contributed by atoms with van der Waals surface area (Å²) in [6, 6.07) is 0. The summed E-state index contributed by atoms with van der Waals surface area (Å²) >= 11 is 0. The monoisotopic (exact) mass is 534 g/mol. The SMILES string of the molecule is CCCN(CCN)CCNCCNCCN(C)CC.CNCCNCCN(CCN)CCNCCNC. The lowest BCUT2D eigenvalue weighted by Crippen LogP contribution is -2.41. The lowest BCUT2D eigenvalue weighted by atomic mass is 10.4. The third-order valence-corrected chi connectivity index (χ3v) is 6.04. The Morgan fingerprint density at radius 2 is 0.865 bits per heavy atom. The van der Waals surface area contributed by atoms with Crippen LogP contribution in [0, 0.1) is 0 Å². The summed E-state index contributed by atoms with van der Waals surface area (Å²) in [5.74, 6) is 0. The summed E-state index contributed by atoms with van der Waals surface area (Å²) in [4.78, 5) is 7.14. The molecular weight excluding hydrogens is 466 g/mol. The highest BCUT2D eigenvalue weighted by atomic mass is 15.2. The zero-order valence-electron chi connectivity index (χ0n) is 25.3. The van der Waals surface area contributed by atoms with Crippen molar-refractivity contribution in [1.82, 2.24) is 46.6 Å². The first-order chi connectivity index (χ1) is 18.1. The number of nitrogens with one attached hydrogen (secondary N) is 6. The second-order valence-electron chi connectivity index (χ2n) is 9.36. The summed E-state index contributed by atoms with van der Waals surface area (Å²) in [6.07, 6.45) is 1.20. The molecule has 0 radical (unpaired) electrons. The summed E-state index contributed by atoms with van der Waals surface area (Å²) in [7, 11) is 6.10. The van der Waals surface area contributed by atoms with Crippen LogP contribution in [0.2, 0.25) is 0 Å². The molecule has 0 spiro atoms. The number of nitrogens with two attached hydrogens (primary N) is 2. The zero-order valence-corrected chi connectivity index (χ0v) is 25.3. The van der Waals surface area contributed by atoms with Gasteiger partial charge in [0.05, 0.1) is 0 Å². The molecule has 10 N–H and O–H groups in total. The van der Waals surface area contributed by atoms with Crippen LogP contribution in [0.4, 0.5) is 0 Å². The van der Waals surface area contributed by atoms with Gasteiger partial charge in [-0.25, -0.2) is 0 Å². The van der Waals surface area contributed by atoms with Crippen molar-refractivity contribution < 1.29 is 0 Å². The van der Waals surface area contributed by atoms with Crippen molar-refractivity contribution in [3.8, 4) is 0 Å². The van der Waals surface area contributed by atoms with Gasteiger partial charge in [-0.3, -0.25) is 4.90 Å². The van der Waals surface area contributed by atoms with E-state index >= 15 is 0 Å². The van der Waals surface area contributed by atoms with Gasteiger partial charge < -0.3 is 53.2 Å². The molecule has 0 aliphatic rings. The zero-order chi connectivity index (χ0) is 27.8. The second kappa shape index (κ2) is 33.6. The molecule has 0 atom stereocenters. The third kappa shape index (κ3) is 31.7. The molecule has 0 saturated heterocycles. The molecule has 11 heteroatoms. The predicted molar refractivity (Wildman–Crippen MR) is 164 cm³/mol. The van der Waals surface area contributed by atoms with Crippen LogP contribution in [-0.2, 0) is 0 Å². The van der Waals surface area contributed by atoms with Crippen LogP contribution in [0.15, 0.2) is 0 Å². The van der Waals surface area contributed by atoms with Gasteiger partial charge in [0.15, 0.2) is 0 Å². The van der Waals surface area contributed by atoms with E-state index in [0.29, 0.717) is 0 Å². The van der Waals surface area contributed by atoms with Crippen molar-refractivity contribution in [2.24, 2.45) is 11.5 Å². The average Bonchev–Trinajstić information content (AvgIpc) is 2.90. The molecule has 226 valence electrons. The number of nitrogens with zero attached hydrogens (tertiary/aromatic N) is 3. The minimum absolute atomic E-state index is 0.729. The van der Waals surface area contributed by atoms with Crippen LogP contribution in [0.1, 0.15) is 20.3 Å². The molecule has 0 aromatic carbocycles. The number of hydrogen-bond acceptors (Lipinski definition) is 11. The molecule has 0 aliphatic carbocycles. The van der Waals surface area contributed by atoms with E-state index in [4.69, 9.17) is 11.5 Å². The van der Waals surface area contributed by atoms with E-state index in [0.717, 1.165) is 131 Å². The van der Waals surface area contributed by atoms with Gasteiger partial charge in [-0.05, 0) is 40.7 Å². The standard InChI is InChI=1S/C14H35N5.C12H32N6/c1-4-11-19(12-6-15)14-10-17-8-7-16-9-13-18(3)5-2;1-14-4-6-16-8-11-18(10-3-13)12-9-17-7-5-15-2/h16-17H,4-15H2,1-3H3;14-17H,3-13H2,1-2H3. The van der Waals surface area contributed by atoms with E-state index in [2.05, 4.69) is 67.5 Å². The first-order valence-corrected chi connectivity index (χ1v) is 14.7. The molecule has 0 bridgehead atoms. The molecule has 0 heterocycles. The van der Waals surface area contributed by atoms with Gasteiger partial charge in [-0.15, -0.1) is 0 Å². The summed E-state index contributed by atoms with van der Waals surface area (Å²) in [5, 5.41) is 20.0. The summed E-state index contributed by atoms with van der Waals surface area (Å²) in [5.41, 5.74) is 11.2. The van der Waals surface area contributed by atoms with E-state index in [1.807, 2.05) is 14.1 Å². The molecular formula is C26H67N11. The third-order valence-electron chi connectivity index (χ3n) is 6.04. The number of hydrogen-bond donors (Lipinski definition) is 8. The van der Waals surface area contributed by atoms with Crippen LogP contribution >= 0.6 is 0 Å². The molecule has 0 aromatic rings. The fourth-order valence-corrected chi connectivity index (χ4v) is 3.60. The van der Waals surface area contributed by atoms with Crippen molar-refractivity contribution in [2.45, 2.75) is 20.3 Å². The average molecular weight is 534 g/mol. The molecule has 37 heavy (non-hydrogen) atoms. The van der Waals surface area contributed by atoms with E-state index in [1.54, 1.807) is 0 Å². The maximum absolute atomic E-state index is 5.63. The van der Waals surface area contributed by atoms with Crippen molar-refractivity contribution >= 4 is 0 Å². The maximum Gasteiger partial charge on any atom is 0.0108 e. The number of likely N-dealkylation sites (N-methyl/N-ethyl adjacent to an activating group) is 3. The van der Waals surface area contributed by atoms with Gasteiger partial charge in [-0.1, -0.05) is 13.8 Å². The van der Waals surface area contributed by atoms with Gasteiger partial charge in [0.2, 0.25) is 0 Å². The van der Waals surface area contributed by atoms with E-state index in [1.165, 1.54) is 6.42 Å². The van der Waals surface area contributed by atoms with Crippen LogP contribution < -0.4 is 43.4 Å². The van der Waals surface area contributed by atoms with Gasteiger partial charge >= 0.3 is 0 Å². The Labute approximate surface area is 230 Å². The highest BCUT2D eigenvalue weighted by Crippen LogP contribution is 1.88. The van der Waals surface area contributed by atoms with Crippen molar-refractivity contribution in [3.63, 3.8) is 0 Å². The quantitative estimate of drug-likeness (QED) is 0.0514. The molecule has 0 aliphatic heterocycles. The van der Waals surface area contributed by atoms with Gasteiger partial charge in [0.25, 0.3) is 0 Å². The highest BCUT2D eigenvalue weighted by molar-refractivity contribution is 4.63. The molecule has 0 unspecified atom stereocenters. The Bertz CT molecular complexity index is 385. The first-order valence-electron chi connectivity index (χ1n) is 14.7. The van der Waals surface area contributed by atoms with Gasteiger partial charge in [0, 0.05) is 118 Å². The molecule has 0 aromatic heterocycles. The topological polar surface area (TPSA) is 134 Å². The smallest absolute Gasteiger partial charge is 0.0108 e. The van der Waals surface area contributed by atoms with Gasteiger partial charge in [-0.2, -0.15) is 0 Å². The maximum atomic E-state index is 5.63. The summed E-state index contributed by atoms with van der Waals surface area (Å²) < 4.78 is 0. The van der Waals surface area contributed by atoms with Crippen molar-refractivity contribution in [2.75, 3.05) is 152 Å². The van der Waals surface area contributed by atoms with E-state index < -0.39 is 0 Å². The molecule has 0 saturated carbocycles. The largest absolute Gasteiger partial charge is 0.329 e. The Kier molecular flexibility index (Phi) is 35.1. The van der Waals surface area contributed by atoms with Crippen LogP contribution in [-0.4, -0.2) is 167 Å². The minimum Gasteiger partial charge on any atom is -0.329 e. The van der Waals surface area contributed by atoms with Crippen LogP contribution in [0.3, 0.4) is 0 Å².